The molecule has 76 valence electrons. The highest BCUT2D eigenvalue weighted by Crippen LogP contribution is 2.26. The van der Waals surface area contributed by atoms with Crippen molar-refractivity contribution in [3.05, 3.63) is 17.0 Å². The molecule has 0 amide bonds. The first-order valence-electron chi connectivity index (χ1n) is 4.86. The van der Waals surface area contributed by atoms with Gasteiger partial charge in [0.05, 0.1) is 5.69 Å². The molecule has 1 aliphatic rings. The van der Waals surface area contributed by atoms with Crippen LogP contribution in [0.4, 0.5) is 0 Å². The first-order chi connectivity index (χ1) is 6.68. The number of carbonyl (C=O) groups is 1. The number of hydrogen-bond acceptors (Lipinski definition) is 4. The van der Waals surface area contributed by atoms with E-state index in [2.05, 4.69) is 10.5 Å². The fourth-order valence-electron chi connectivity index (χ4n) is 1.98. The molecule has 2 heterocycles. The molecule has 1 aromatic heterocycles. The molecule has 1 atom stereocenters. The molecule has 1 fully saturated rings. The molecule has 1 N–H and O–H groups in total. The van der Waals surface area contributed by atoms with E-state index in [1.165, 1.54) is 0 Å². The van der Waals surface area contributed by atoms with E-state index in [1.54, 1.807) is 0 Å². The third kappa shape index (κ3) is 1.57. The van der Waals surface area contributed by atoms with Crippen molar-refractivity contribution in [3.8, 4) is 0 Å². The van der Waals surface area contributed by atoms with Gasteiger partial charge in [-0.05, 0) is 13.8 Å². The van der Waals surface area contributed by atoms with Crippen LogP contribution in [-0.2, 0) is 4.79 Å². The average Bonchev–Trinajstić information content (AvgIpc) is 2.46. The van der Waals surface area contributed by atoms with Gasteiger partial charge in [0.15, 0.2) is 0 Å². The number of hydrogen-bond donors (Lipinski definition) is 1. The summed E-state index contributed by atoms with van der Waals surface area (Å²) in [6.07, 6.45) is 1.20. The number of rotatable bonds is 1. The maximum atomic E-state index is 11.3. The highest BCUT2D eigenvalue weighted by Gasteiger charge is 2.25. The predicted octanol–water partition coefficient (Wildman–Crippen LogP) is 1.29. The summed E-state index contributed by atoms with van der Waals surface area (Å²) in [6.45, 7) is 4.55. The van der Waals surface area contributed by atoms with Crippen LogP contribution in [0.3, 0.4) is 0 Å². The molecule has 0 aliphatic carbocycles. The SMILES string of the molecule is Cc1noc(C)c1C1CC(=O)CCN1. The maximum Gasteiger partial charge on any atom is 0.138 e. The third-order valence-electron chi connectivity index (χ3n) is 2.66. The summed E-state index contributed by atoms with van der Waals surface area (Å²) >= 11 is 0. The Kier molecular flexibility index (Phi) is 2.37. The third-order valence-corrected chi connectivity index (χ3v) is 2.66. The zero-order valence-electron chi connectivity index (χ0n) is 8.46. The molecule has 0 aromatic carbocycles. The minimum absolute atomic E-state index is 0.0995. The Balaban J connectivity index is 2.25. The summed E-state index contributed by atoms with van der Waals surface area (Å²) < 4.78 is 5.08. The quantitative estimate of drug-likeness (QED) is 0.731. The van der Waals surface area contributed by atoms with Gasteiger partial charge in [-0.1, -0.05) is 5.16 Å². The average molecular weight is 194 g/mol. The number of piperidine rings is 1. The van der Waals surface area contributed by atoms with Crippen LogP contribution in [0.2, 0.25) is 0 Å². The zero-order valence-corrected chi connectivity index (χ0v) is 8.46. The topological polar surface area (TPSA) is 55.1 Å². The summed E-state index contributed by atoms with van der Waals surface area (Å²) in [4.78, 5) is 11.3. The first kappa shape index (κ1) is 9.40. The molecule has 1 saturated heterocycles. The van der Waals surface area contributed by atoms with Crippen LogP contribution in [0, 0.1) is 13.8 Å². The molecule has 0 saturated carbocycles. The van der Waals surface area contributed by atoms with Gasteiger partial charge in [-0.2, -0.15) is 0 Å². The van der Waals surface area contributed by atoms with Crippen LogP contribution < -0.4 is 5.32 Å². The van der Waals surface area contributed by atoms with E-state index in [4.69, 9.17) is 4.52 Å². The van der Waals surface area contributed by atoms with E-state index < -0.39 is 0 Å². The minimum atomic E-state index is 0.0995. The summed E-state index contributed by atoms with van der Waals surface area (Å²) in [7, 11) is 0. The van der Waals surface area contributed by atoms with Crippen molar-refractivity contribution in [2.75, 3.05) is 6.54 Å². The van der Waals surface area contributed by atoms with Crippen LogP contribution >= 0.6 is 0 Å². The van der Waals surface area contributed by atoms with Gasteiger partial charge < -0.3 is 9.84 Å². The van der Waals surface area contributed by atoms with Crippen molar-refractivity contribution in [2.45, 2.75) is 32.7 Å². The Morgan fingerprint density at radius 3 is 2.86 bits per heavy atom. The molecule has 1 aromatic rings. The van der Waals surface area contributed by atoms with Crippen LogP contribution in [0.25, 0.3) is 0 Å². The van der Waals surface area contributed by atoms with Crippen molar-refractivity contribution < 1.29 is 9.32 Å². The van der Waals surface area contributed by atoms with Gasteiger partial charge in [0.2, 0.25) is 0 Å². The van der Waals surface area contributed by atoms with Gasteiger partial charge in [-0.25, -0.2) is 0 Å². The number of nitrogens with one attached hydrogen (secondary N) is 1. The summed E-state index contributed by atoms with van der Waals surface area (Å²) in [5, 5.41) is 7.20. The monoisotopic (exact) mass is 194 g/mol. The molecule has 0 bridgehead atoms. The smallest absolute Gasteiger partial charge is 0.138 e. The molecule has 1 aliphatic heterocycles. The lowest BCUT2D eigenvalue weighted by Crippen LogP contribution is -2.32. The number of nitrogens with zero attached hydrogens (tertiary/aromatic N) is 1. The van der Waals surface area contributed by atoms with Gasteiger partial charge in [-0.15, -0.1) is 0 Å². The van der Waals surface area contributed by atoms with E-state index in [0.29, 0.717) is 18.6 Å². The van der Waals surface area contributed by atoms with Gasteiger partial charge in [-0.3, -0.25) is 4.79 Å². The van der Waals surface area contributed by atoms with Crippen molar-refractivity contribution in [3.63, 3.8) is 0 Å². The highest BCUT2D eigenvalue weighted by molar-refractivity contribution is 5.80. The van der Waals surface area contributed by atoms with Gasteiger partial charge in [0.25, 0.3) is 0 Å². The Morgan fingerprint density at radius 1 is 1.50 bits per heavy atom. The number of aryl methyl sites for hydroxylation is 2. The number of Topliss-reactive ketones (excluding diaryl/α,β-unsaturated/α-hetero) is 1. The lowest BCUT2D eigenvalue weighted by molar-refractivity contribution is -0.120. The van der Waals surface area contributed by atoms with Crippen LogP contribution in [0.15, 0.2) is 4.52 Å². The minimum Gasteiger partial charge on any atom is -0.361 e. The van der Waals surface area contributed by atoms with Gasteiger partial charge in [0, 0.05) is 31.0 Å². The molecule has 0 spiro atoms. The molecule has 1 unspecified atom stereocenters. The van der Waals surface area contributed by atoms with Crippen molar-refractivity contribution in [1.29, 1.82) is 0 Å². The first-order valence-corrected chi connectivity index (χ1v) is 4.86. The van der Waals surface area contributed by atoms with Crippen LogP contribution in [0.5, 0.6) is 0 Å². The highest BCUT2D eigenvalue weighted by atomic mass is 16.5. The largest absolute Gasteiger partial charge is 0.361 e. The summed E-state index contributed by atoms with van der Waals surface area (Å²) in [6, 6.07) is 0.0995. The van der Waals surface area contributed by atoms with Crippen LogP contribution in [0.1, 0.15) is 35.9 Å². The summed E-state index contributed by atoms with van der Waals surface area (Å²) in [5.41, 5.74) is 1.94. The van der Waals surface area contributed by atoms with E-state index in [1.807, 2.05) is 13.8 Å². The normalized spacial score (nSPS) is 22.7. The molecule has 4 nitrogen and oxygen atoms in total. The van der Waals surface area contributed by atoms with E-state index in [0.717, 1.165) is 23.6 Å². The second kappa shape index (κ2) is 3.53. The second-order valence-corrected chi connectivity index (χ2v) is 3.74. The molecular formula is C10H14N2O2. The van der Waals surface area contributed by atoms with Crippen molar-refractivity contribution >= 4 is 5.78 Å². The van der Waals surface area contributed by atoms with Crippen molar-refractivity contribution in [2.24, 2.45) is 0 Å². The lowest BCUT2D eigenvalue weighted by atomic mass is 9.95. The molecule has 0 radical (unpaired) electrons. The van der Waals surface area contributed by atoms with Gasteiger partial charge in [0.1, 0.15) is 11.5 Å². The number of carbonyl (C=O) groups excluding carboxylic acids is 1. The Labute approximate surface area is 82.7 Å². The van der Waals surface area contributed by atoms with Gasteiger partial charge >= 0.3 is 0 Å². The Bertz CT molecular complexity index is 338. The standard InChI is InChI=1S/C10H14N2O2/c1-6-10(7(2)14-12-6)9-5-8(13)3-4-11-9/h9,11H,3-5H2,1-2H3. The van der Waals surface area contributed by atoms with Crippen molar-refractivity contribution in [1.82, 2.24) is 10.5 Å². The summed E-state index contributed by atoms with van der Waals surface area (Å²) in [5.74, 6) is 1.13. The zero-order chi connectivity index (χ0) is 10.1. The second-order valence-electron chi connectivity index (χ2n) is 3.74. The lowest BCUT2D eigenvalue weighted by Gasteiger charge is -2.22. The molecule has 14 heavy (non-hydrogen) atoms. The van der Waals surface area contributed by atoms with E-state index >= 15 is 0 Å². The Morgan fingerprint density at radius 2 is 2.29 bits per heavy atom. The molecular weight excluding hydrogens is 180 g/mol. The van der Waals surface area contributed by atoms with E-state index in [9.17, 15) is 4.79 Å². The van der Waals surface area contributed by atoms with Crippen LogP contribution in [-0.4, -0.2) is 17.5 Å². The fourth-order valence-corrected chi connectivity index (χ4v) is 1.98. The molecule has 4 heteroatoms. The van der Waals surface area contributed by atoms with E-state index in [-0.39, 0.29) is 6.04 Å². The molecule has 2 rings (SSSR count). The number of ketones is 1. The maximum absolute atomic E-state index is 11.3. The Hall–Kier alpha value is -1.16. The number of aromatic nitrogens is 1. The predicted molar refractivity (Wildman–Crippen MR) is 51.0 cm³/mol. The fraction of sp³-hybridized carbons (Fsp3) is 0.600.